The lowest BCUT2D eigenvalue weighted by molar-refractivity contribution is 0.0426. The number of hydrogen-bond donors (Lipinski definition) is 0. The molecule has 0 bridgehead atoms. The van der Waals surface area contributed by atoms with Crippen LogP contribution in [0.1, 0.15) is 13.8 Å². The first-order chi connectivity index (χ1) is 7.55. The second-order valence-corrected chi connectivity index (χ2v) is 6.06. The van der Waals surface area contributed by atoms with E-state index in [4.69, 9.17) is 25.2 Å². The first kappa shape index (κ1) is 12.1. The highest BCUT2D eigenvalue weighted by Crippen LogP contribution is 2.46. The van der Waals surface area contributed by atoms with E-state index >= 15 is 0 Å². The Kier molecular flexibility index (Phi) is 3.70. The number of rotatable bonds is 2. The molecule has 2 rings (SSSR count). The maximum absolute atomic E-state index is 5.78. The van der Waals surface area contributed by atoms with E-state index in [-0.39, 0.29) is 5.41 Å². The average Bonchev–Trinajstić information content (AvgIpc) is 2.24. The quantitative estimate of drug-likeness (QED) is 0.752. The van der Waals surface area contributed by atoms with Gasteiger partial charge in [-0.2, -0.15) is 0 Å². The highest BCUT2D eigenvalue weighted by Gasteiger charge is 2.31. The van der Waals surface area contributed by atoms with E-state index in [2.05, 4.69) is 13.8 Å². The van der Waals surface area contributed by atoms with Gasteiger partial charge in [-0.05, 0) is 24.3 Å². The maximum atomic E-state index is 5.78. The van der Waals surface area contributed by atoms with Crippen molar-refractivity contribution in [3.05, 3.63) is 29.3 Å². The molecule has 0 spiro atoms. The smallest absolute Gasteiger partial charge is 0.397 e. The molecule has 1 aliphatic rings. The molecule has 0 aliphatic carbocycles. The zero-order valence-corrected chi connectivity index (χ0v) is 10.9. The fourth-order valence-corrected chi connectivity index (χ4v) is 2.68. The Labute approximate surface area is 102 Å². The Morgan fingerprint density at radius 2 is 1.75 bits per heavy atom. The second-order valence-electron chi connectivity index (χ2n) is 4.48. The van der Waals surface area contributed by atoms with Crippen LogP contribution in [0, 0.1) is 5.41 Å². The molecule has 0 atom stereocenters. The summed E-state index contributed by atoms with van der Waals surface area (Å²) < 4.78 is 16.6. The van der Waals surface area contributed by atoms with Crippen molar-refractivity contribution in [1.82, 2.24) is 0 Å². The third-order valence-corrected chi connectivity index (χ3v) is 3.41. The van der Waals surface area contributed by atoms with Crippen molar-refractivity contribution in [2.45, 2.75) is 13.8 Å². The Balaban J connectivity index is 1.89. The van der Waals surface area contributed by atoms with Gasteiger partial charge in [0.15, 0.2) is 0 Å². The number of benzene rings is 1. The van der Waals surface area contributed by atoms with Gasteiger partial charge in [0.1, 0.15) is 5.75 Å². The van der Waals surface area contributed by atoms with Crippen molar-refractivity contribution in [3.8, 4) is 5.75 Å². The van der Waals surface area contributed by atoms with E-state index in [1.165, 1.54) is 0 Å². The normalized spacial score (nSPS) is 20.7. The van der Waals surface area contributed by atoms with E-state index in [1.54, 1.807) is 24.3 Å². The minimum Gasteiger partial charge on any atom is -0.427 e. The van der Waals surface area contributed by atoms with E-state index < -0.39 is 8.60 Å². The predicted molar refractivity (Wildman–Crippen MR) is 64.7 cm³/mol. The Morgan fingerprint density at radius 1 is 1.19 bits per heavy atom. The molecule has 1 fully saturated rings. The van der Waals surface area contributed by atoms with Gasteiger partial charge < -0.3 is 13.6 Å². The third-order valence-electron chi connectivity index (χ3n) is 2.11. The van der Waals surface area contributed by atoms with Crippen molar-refractivity contribution in [1.29, 1.82) is 0 Å². The van der Waals surface area contributed by atoms with Gasteiger partial charge in [0, 0.05) is 10.4 Å². The molecule has 3 nitrogen and oxygen atoms in total. The van der Waals surface area contributed by atoms with Crippen molar-refractivity contribution in [3.63, 3.8) is 0 Å². The molecule has 0 saturated carbocycles. The van der Waals surface area contributed by atoms with Gasteiger partial charge in [0.2, 0.25) is 0 Å². The molecule has 0 unspecified atom stereocenters. The largest absolute Gasteiger partial charge is 0.427 e. The zero-order valence-electron chi connectivity index (χ0n) is 9.27. The molecule has 1 aliphatic heterocycles. The van der Waals surface area contributed by atoms with Crippen LogP contribution in [0.25, 0.3) is 0 Å². The van der Waals surface area contributed by atoms with Crippen LogP contribution in [0.2, 0.25) is 5.02 Å². The van der Waals surface area contributed by atoms with Crippen LogP contribution >= 0.6 is 20.2 Å². The summed E-state index contributed by atoms with van der Waals surface area (Å²) in [6.45, 7) is 5.52. The lowest BCUT2D eigenvalue weighted by Crippen LogP contribution is -2.28. The van der Waals surface area contributed by atoms with E-state index in [0.717, 1.165) is 5.75 Å². The molecule has 1 heterocycles. The SMILES string of the molecule is CC1(C)COP(Oc2ccc(Cl)cc2)OC1. The van der Waals surface area contributed by atoms with Gasteiger partial charge in [-0.25, -0.2) is 0 Å². The summed E-state index contributed by atoms with van der Waals surface area (Å²) >= 11 is 5.78. The Morgan fingerprint density at radius 3 is 2.31 bits per heavy atom. The summed E-state index contributed by atoms with van der Waals surface area (Å²) in [6.07, 6.45) is 0. The minimum absolute atomic E-state index is 0.0716. The molecule has 88 valence electrons. The minimum atomic E-state index is -1.26. The van der Waals surface area contributed by atoms with Crippen molar-refractivity contribution in [2.24, 2.45) is 5.41 Å². The molecule has 1 aromatic rings. The highest BCUT2D eigenvalue weighted by molar-refractivity contribution is 7.42. The van der Waals surface area contributed by atoms with Gasteiger partial charge in [0.25, 0.3) is 0 Å². The lowest BCUT2D eigenvalue weighted by Gasteiger charge is -2.32. The van der Waals surface area contributed by atoms with E-state index in [0.29, 0.717) is 18.2 Å². The zero-order chi connectivity index (χ0) is 11.6. The second kappa shape index (κ2) is 4.89. The highest BCUT2D eigenvalue weighted by atomic mass is 35.5. The summed E-state index contributed by atoms with van der Waals surface area (Å²) in [5.74, 6) is 0.718. The first-order valence-corrected chi connectivity index (χ1v) is 6.52. The van der Waals surface area contributed by atoms with Crippen LogP contribution in [0.5, 0.6) is 5.75 Å². The predicted octanol–water partition coefficient (Wildman–Crippen LogP) is 4.02. The summed E-state index contributed by atoms with van der Waals surface area (Å²) in [5, 5.41) is 0.687. The summed E-state index contributed by atoms with van der Waals surface area (Å²) in [4.78, 5) is 0. The monoisotopic (exact) mass is 260 g/mol. The van der Waals surface area contributed by atoms with Crippen LogP contribution in [-0.4, -0.2) is 13.2 Å². The van der Waals surface area contributed by atoms with E-state index in [9.17, 15) is 0 Å². The van der Waals surface area contributed by atoms with Crippen LogP contribution in [0.3, 0.4) is 0 Å². The molecule has 5 heteroatoms. The molecular formula is C11H14ClO3P. The first-order valence-electron chi connectivity index (χ1n) is 5.05. The van der Waals surface area contributed by atoms with Crippen molar-refractivity contribution in [2.75, 3.05) is 13.2 Å². The molecule has 1 aromatic carbocycles. The molecule has 0 radical (unpaired) electrons. The van der Waals surface area contributed by atoms with Crippen LogP contribution in [0.4, 0.5) is 0 Å². The average molecular weight is 261 g/mol. The Hall–Kier alpha value is -0.340. The van der Waals surface area contributed by atoms with Crippen LogP contribution in [-0.2, 0) is 9.05 Å². The Bertz CT molecular complexity index is 343. The van der Waals surface area contributed by atoms with Gasteiger partial charge in [0.05, 0.1) is 13.2 Å². The standard InChI is InChI=1S/C11H14ClO3P/c1-11(2)7-13-16(14-8-11)15-10-5-3-9(12)4-6-10/h3-6H,7-8H2,1-2H3. The topological polar surface area (TPSA) is 27.7 Å². The number of hydrogen-bond acceptors (Lipinski definition) is 3. The fraction of sp³-hybridized carbons (Fsp3) is 0.455. The summed E-state index contributed by atoms with van der Waals surface area (Å²) in [5.41, 5.74) is 0.0716. The van der Waals surface area contributed by atoms with Gasteiger partial charge >= 0.3 is 8.60 Å². The van der Waals surface area contributed by atoms with Crippen LogP contribution < -0.4 is 4.52 Å². The van der Waals surface area contributed by atoms with Gasteiger partial charge in [-0.15, -0.1) is 0 Å². The molecule has 0 amide bonds. The molecule has 0 aromatic heterocycles. The molecular weight excluding hydrogens is 247 g/mol. The fourth-order valence-electron chi connectivity index (χ4n) is 1.17. The summed E-state index contributed by atoms with van der Waals surface area (Å²) in [7, 11) is -1.26. The number of halogens is 1. The van der Waals surface area contributed by atoms with Gasteiger partial charge in [-0.1, -0.05) is 25.4 Å². The molecule has 0 N–H and O–H groups in total. The van der Waals surface area contributed by atoms with Crippen molar-refractivity contribution >= 4 is 20.2 Å². The van der Waals surface area contributed by atoms with Crippen molar-refractivity contribution < 1.29 is 13.6 Å². The maximum Gasteiger partial charge on any atom is 0.397 e. The third kappa shape index (κ3) is 3.33. The molecule has 1 saturated heterocycles. The van der Waals surface area contributed by atoms with Crippen LogP contribution in [0.15, 0.2) is 24.3 Å². The van der Waals surface area contributed by atoms with Gasteiger partial charge in [-0.3, -0.25) is 0 Å². The molecule has 16 heavy (non-hydrogen) atoms. The lowest BCUT2D eigenvalue weighted by atomic mass is 9.97. The summed E-state index contributed by atoms with van der Waals surface area (Å²) in [6, 6.07) is 7.16. The van der Waals surface area contributed by atoms with E-state index in [1.807, 2.05) is 0 Å².